The van der Waals surface area contributed by atoms with Crippen molar-refractivity contribution in [2.45, 2.75) is 30.7 Å². The molecule has 0 bridgehead atoms. The van der Waals surface area contributed by atoms with Crippen LogP contribution >= 0.6 is 0 Å². The minimum absolute atomic E-state index is 0.213. The molecule has 0 radical (unpaired) electrons. The van der Waals surface area contributed by atoms with Gasteiger partial charge in [0.25, 0.3) is 0 Å². The van der Waals surface area contributed by atoms with Gasteiger partial charge in [0.05, 0.1) is 18.6 Å². The Bertz CT molecular complexity index is 1070. The van der Waals surface area contributed by atoms with Gasteiger partial charge in [-0.2, -0.15) is 4.31 Å². The van der Waals surface area contributed by atoms with Crippen molar-refractivity contribution in [1.82, 2.24) is 19.1 Å². The largest absolute Gasteiger partial charge is 0.497 e. The Labute approximate surface area is 177 Å². The number of sulfonamides is 1. The number of aromatic nitrogens is 3. The van der Waals surface area contributed by atoms with Crippen LogP contribution < -0.4 is 4.74 Å². The molecule has 2 aromatic carbocycles. The summed E-state index contributed by atoms with van der Waals surface area (Å²) in [4.78, 5) is 0.302. The van der Waals surface area contributed by atoms with Crippen LogP contribution in [0, 0.1) is 5.92 Å². The third-order valence-electron chi connectivity index (χ3n) is 5.54. The summed E-state index contributed by atoms with van der Waals surface area (Å²) < 4.78 is 35.0. The molecule has 0 saturated carbocycles. The lowest BCUT2D eigenvalue weighted by Crippen LogP contribution is -2.40. The van der Waals surface area contributed by atoms with Crippen molar-refractivity contribution in [1.29, 1.82) is 0 Å². The number of hydrogen-bond acceptors (Lipinski definition) is 5. The summed E-state index contributed by atoms with van der Waals surface area (Å²) >= 11 is 0. The minimum Gasteiger partial charge on any atom is -0.497 e. The SMILES string of the molecule is COc1ccc(S(=O)(=O)N2CCCC(Cc3nncn3Cc3ccccc3)C2)cc1. The number of methoxy groups -OCH3 is 1. The van der Waals surface area contributed by atoms with Crippen LogP contribution in [0.2, 0.25) is 0 Å². The van der Waals surface area contributed by atoms with Gasteiger partial charge in [-0.1, -0.05) is 30.3 Å². The second-order valence-electron chi connectivity index (χ2n) is 7.61. The first-order valence-electron chi connectivity index (χ1n) is 10.1. The third-order valence-corrected chi connectivity index (χ3v) is 7.42. The van der Waals surface area contributed by atoms with Crippen LogP contribution in [0.25, 0.3) is 0 Å². The number of ether oxygens (including phenoxy) is 1. The van der Waals surface area contributed by atoms with Gasteiger partial charge in [-0.15, -0.1) is 10.2 Å². The third kappa shape index (κ3) is 4.55. The first-order valence-corrected chi connectivity index (χ1v) is 11.5. The van der Waals surface area contributed by atoms with Crippen LogP contribution in [-0.4, -0.2) is 47.7 Å². The van der Waals surface area contributed by atoms with Gasteiger partial charge in [-0.3, -0.25) is 0 Å². The second-order valence-corrected chi connectivity index (χ2v) is 9.55. The highest BCUT2D eigenvalue weighted by molar-refractivity contribution is 7.89. The molecule has 0 spiro atoms. The summed E-state index contributed by atoms with van der Waals surface area (Å²) in [6.45, 7) is 1.75. The zero-order valence-corrected chi connectivity index (χ0v) is 17.8. The molecule has 3 aromatic rings. The van der Waals surface area contributed by atoms with Gasteiger partial charge >= 0.3 is 0 Å². The number of nitrogens with zero attached hydrogens (tertiary/aromatic N) is 4. The van der Waals surface area contributed by atoms with E-state index in [4.69, 9.17) is 4.74 Å². The van der Waals surface area contributed by atoms with Crippen molar-refractivity contribution < 1.29 is 13.2 Å². The Morgan fingerprint density at radius 1 is 1.10 bits per heavy atom. The highest BCUT2D eigenvalue weighted by atomic mass is 32.2. The lowest BCUT2D eigenvalue weighted by atomic mass is 9.96. The second kappa shape index (κ2) is 8.97. The topological polar surface area (TPSA) is 77.3 Å². The Morgan fingerprint density at radius 2 is 1.87 bits per heavy atom. The molecule has 1 saturated heterocycles. The van der Waals surface area contributed by atoms with E-state index in [1.165, 1.54) is 5.56 Å². The number of piperidine rings is 1. The summed E-state index contributed by atoms with van der Waals surface area (Å²) in [5.41, 5.74) is 1.19. The zero-order chi connectivity index (χ0) is 21.0. The molecule has 0 amide bonds. The predicted octanol–water partition coefficient (Wildman–Crippen LogP) is 2.98. The molecular formula is C22H26N4O3S. The number of rotatable bonds is 7. The van der Waals surface area contributed by atoms with Crippen LogP contribution in [0.1, 0.15) is 24.2 Å². The van der Waals surface area contributed by atoms with Gasteiger partial charge < -0.3 is 9.30 Å². The van der Waals surface area contributed by atoms with Crippen molar-refractivity contribution >= 4 is 10.0 Å². The summed E-state index contributed by atoms with van der Waals surface area (Å²) in [6.07, 6.45) is 4.28. The van der Waals surface area contributed by atoms with Crippen LogP contribution in [0.3, 0.4) is 0 Å². The van der Waals surface area contributed by atoms with Crippen LogP contribution in [0.4, 0.5) is 0 Å². The quantitative estimate of drug-likeness (QED) is 0.580. The van der Waals surface area contributed by atoms with E-state index in [0.717, 1.165) is 18.7 Å². The molecular weight excluding hydrogens is 400 g/mol. The molecule has 1 aliphatic heterocycles. The molecule has 1 unspecified atom stereocenters. The van der Waals surface area contributed by atoms with E-state index in [-0.39, 0.29) is 5.92 Å². The maximum absolute atomic E-state index is 13.1. The summed E-state index contributed by atoms with van der Waals surface area (Å²) in [6, 6.07) is 16.8. The van der Waals surface area contributed by atoms with E-state index in [0.29, 0.717) is 36.7 Å². The molecule has 158 valence electrons. The van der Waals surface area contributed by atoms with Crippen molar-refractivity contribution in [2.24, 2.45) is 5.92 Å². The molecule has 1 fully saturated rings. The molecule has 1 atom stereocenters. The van der Waals surface area contributed by atoms with E-state index < -0.39 is 10.0 Å². The summed E-state index contributed by atoms with van der Waals surface area (Å²) in [5.74, 6) is 1.75. The average molecular weight is 427 g/mol. The van der Waals surface area contributed by atoms with Gasteiger partial charge in [-0.05, 0) is 48.6 Å². The van der Waals surface area contributed by atoms with Gasteiger partial charge in [0.1, 0.15) is 17.9 Å². The maximum Gasteiger partial charge on any atom is 0.243 e. The predicted molar refractivity (Wildman–Crippen MR) is 114 cm³/mol. The van der Waals surface area contributed by atoms with E-state index in [1.54, 1.807) is 42.0 Å². The molecule has 0 N–H and O–H groups in total. The number of hydrogen-bond donors (Lipinski definition) is 0. The average Bonchev–Trinajstić information content (AvgIpc) is 3.21. The fraction of sp³-hybridized carbons (Fsp3) is 0.364. The molecule has 0 aliphatic carbocycles. The molecule has 1 aliphatic rings. The fourth-order valence-electron chi connectivity index (χ4n) is 3.92. The van der Waals surface area contributed by atoms with Gasteiger partial charge in [0.15, 0.2) is 0 Å². The Morgan fingerprint density at radius 3 is 2.60 bits per heavy atom. The fourth-order valence-corrected chi connectivity index (χ4v) is 5.47. The van der Waals surface area contributed by atoms with Gasteiger partial charge in [-0.25, -0.2) is 8.42 Å². The van der Waals surface area contributed by atoms with Crippen molar-refractivity contribution in [2.75, 3.05) is 20.2 Å². The molecule has 2 heterocycles. The van der Waals surface area contributed by atoms with Gasteiger partial charge in [0.2, 0.25) is 10.0 Å². The Kier molecular flexibility index (Phi) is 6.15. The van der Waals surface area contributed by atoms with Crippen molar-refractivity contribution in [3.8, 4) is 5.75 Å². The zero-order valence-electron chi connectivity index (χ0n) is 17.0. The molecule has 30 heavy (non-hydrogen) atoms. The van der Waals surface area contributed by atoms with E-state index in [9.17, 15) is 8.42 Å². The van der Waals surface area contributed by atoms with E-state index in [1.807, 2.05) is 22.8 Å². The lowest BCUT2D eigenvalue weighted by Gasteiger charge is -2.31. The van der Waals surface area contributed by atoms with Crippen LogP contribution in [-0.2, 0) is 23.0 Å². The van der Waals surface area contributed by atoms with Gasteiger partial charge in [0, 0.05) is 19.5 Å². The van der Waals surface area contributed by atoms with Crippen LogP contribution in [0.15, 0.2) is 65.8 Å². The molecule has 1 aromatic heterocycles. The number of benzene rings is 2. The van der Waals surface area contributed by atoms with Crippen molar-refractivity contribution in [3.05, 3.63) is 72.3 Å². The first kappa shape index (κ1) is 20.6. The van der Waals surface area contributed by atoms with Crippen molar-refractivity contribution in [3.63, 3.8) is 0 Å². The molecule has 4 rings (SSSR count). The lowest BCUT2D eigenvalue weighted by molar-refractivity contribution is 0.261. The van der Waals surface area contributed by atoms with Crippen LogP contribution in [0.5, 0.6) is 5.75 Å². The first-order chi connectivity index (χ1) is 14.6. The summed E-state index contributed by atoms with van der Waals surface area (Å²) in [5, 5.41) is 8.39. The maximum atomic E-state index is 13.1. The Hall–Kier alpha value is -2.71. The molecule has 8 heteroatoms. The normalized spacial score (nSPS) is 17.7. The standard InChI is InChI=1S/C22H26N4O3S/c1-29-20-9-11-21(12-10-20)30(27,28)26-13-5-8-19(16-26)14-22-24-23-17-25(22)15-18-6-3-2-4-7-18/h2-4,6-7,9-12,17,19H,5,8,13-16H2,1H3. The van der Waals surface area contributed by atoms with E-state index >= 15 is 0 Å². The highest BCUT2D eigenvalue weighted by Crippen LogP contribution is 2.26. The Balaban J connectivity index is 1.45. The molecule has 7 nitrogen and oxygen atoms in total. The summed E-state index contributed by atoms with van der Waals surface area (Å²) in [7, 11) is -1.96. The monoisotopic (exact) mass is 426 g/mol. The minimum atomic E-state index is -3.52. The highest BCUT2D eigenvalue weighted by Gasteiger charge is 2.31. The smallest absolute Gasteiger partial charge is 0.243 e. The van der Waals surface area contributed by atoms with E-state index in [2.05, 4.69) is 22.3 Å².